The van der Waals surface area contributed by atoms with E-state index < -0.39 is 17.4 Å². The van der Waals surface area contributed by atoms with Gasteiger partial charge in [-0.1, -0.05) is 0 Å². The van der Waals surface area contributed by atoms with Crippen LogP contribution in [-0.4, -0.2) is 31.7 Å². The molecule has 2 aromatic carbocycles. The lowest BCUT2D eigenvalue weighted by Crippen LogP contribution is -2.13. The van der Waals surface area contributed by atoms with E-state index in [1.165, 1.54) is 38.5 Å². The van der Waals surface area contributed by atoms with Gasteiger partial charge in [-0.3, -0.25) is 14.9 Å². The van der Waals surface area contributed by atoms with Crippen molar-refractivity contribution in [3.63, 3.8) is 0 Å². The summed E-state index contributed by atoms with van der Waals surface area (Å²) in [6.07, 6.45) is 0. The highest BCUT2D eigenvalue weighted by atomic mass is 19.3. The number of anilines is 1. The summed E-state index contributed by atoms with van der Waals surface area (Å²) in [4.78, 5) is 22.6. The molecule has 1 amide bonds. The molecule has 138 valence electrons. The lowest BCUT2D eigenvalue weighted by Gasteiger charge is -2.13. The second kappa shape index (κ2) is 8.10. The van der Waals surface area contributed by atoms with Gasteiger partial charge in [-0.2, -0.15) is 8.78 Å². The van der Waals surface area contributed by atoms with E-state index in [2.05, 4.69) is 10.1 Å². The van der Waals surface area contributed by atoms with Crippen LogP contribution in [0.25, 0.3) is 0 Å². The Morgan fingerprint density at radius 2 is 1.73 bits per heavy atom. The van der Waals surface area contributed by atoms with Gasteiger partial charge in [0.25, 0.3) is 11.6 Å². The average Bonchev–Trinajstić information content (AvgIpc) is 2.60. The molecule has 26 heavy (non-hydrogen) atoms. The lowest BCUT2D eigenvalue weighted by molar-refractivity contribution is -0.384. The monoisotopic (exact) mass is 368 g/mol. The Kier molecular flexibility index (Phi) is 5.89. The number of nitro benzene ring substituents is 1. The molecule has 0 aliphatic heterocycles. The van der Waals surface area contributed by atoms with Crippen LogP contribution in [0, 0.1) is 10.1 Å². The van der Waals surface area contributed by atoms with Crippen molar-refractivity contribution in [2.45, 2.75) is 6.61 Å². The van der Waals surface area contributed by atoms with Crippen molar-refractivity contribution in [2.75, 3.05) is 19.5 Å². The lowest BCUT2D eigenvalue weighted by atomic mass is 10.1. The summed E-state index contributed by atoms with van der Waals surface area (Å²) in [6, 6.07) is 7.36. The van der Waals surface area contributed by atoms with Crippen LogP contribution in [0.15, 0.2) is 36.4 Å². The third kappa shape index (κ3) is 4.35. The first-order valence-electron chi connectivity index (χ1n) is 7.12. The predicted molar refractivity (Wildman–Crippen MR) is 87.2 cm³/mol. The van der Waals surface area contributed by atoms with E-state index in [9.17, 15) is 23.7 Å². The molecule has 1 N–H and O–H groups in total. The Hall–Kier alpha value is -3.43. The van der Waals surface area contributed by atoms with E-state index in [4.69, 9.17) is 9.47 Å². The average molecular weight is 368 g/mol. The molecule has 8 nitrogen and oxygen atoms in total. The van der Waals surface area contributed by atoms with E-state index in [0.29, 0.717) is 0 Å². The van der Waals surface area contributed by atoms with Gasteiger partial charge in [0.1, 0.15) is 5.75 Å². The Morgan fingerprint density at radius 3 is 2.31 bits per heavy atom. The van der Waals surface area contributed by atoms with Crippen molar-refractivity contribution in [3.05, 3.63) is 52.1 Å². The summed E-state index contributed by atoms with van der Waals surface area (Å²) in [5.74, 6) is -0.803. The Balaban J connectivity index is 2.32. The van der Waals surface area contributed by atoms with Crippen LogP contribution in [0.2, 0.25) is 0 Å². The molecule has 0 saturated carbocycles. The normalized spacial score (nSPS) is 10.3. The second-order valence-electron chi connectivity index (χ2n) is 4.84. The smallest absolute Gasteiger partial charge is 0.387 e. The highest BCUT2D eigenvalue weighted by molar-refractivity contribution is 6.05. The van der Waals surface area contributed by atoms with Crippen LogP contribution < -0.4 is 19.5 Å². The van der Waals surface area contributed by atoms with E-state index in [1.54, 1.807) is 0 Å². The van der Waals surface area contributed by atoms with Gasteiger partial charge in [-0.05, 0) is 24.3 Å². The van der Waals surface area contributed by atoms with Gasteiger partial charge in [0.05, 0.1) is 24.8 Å². The van der Waals surface area contributed by atoms with Crippen molar-refractivity contribution in [1.82, 2.24) is 0 Å². The summed E-state index contributed by atoms with van der Waals surface area (Å²) in [5, 5.41) is 13.3. The first-order valence-corrected chi connectivity index (χ1v) is 7.12. The number of amides is 1. The molecular formula is C16H14F2N2O6. The molecule has 0 aromatic heterocycles. The van der Waals surface area contributed by atoms with Crippen LogP contribution in [0.4, 0.5) is 20.2 Å². The van der Waals surface area contributed by atoms with Gasteiger partial charge in [-0.15, -0.1) is 0 Å². The van der Waals surface area contributed by atoms with E-state index in [0.717, 1.165) is 12.1 Å². The van der Waals surface area contributed by atoms with Crippen molar-refractivity contribution >= 4 is 17.3 Å². The molecule has 0 aliphatic rings. The number of nitrogens with one attached hydrogen (secondary N) is 1. The number of ether oxygens (including phenoxy) is 3. The largest absolute Gasteiger partial charge is 0.495 e. The third-order valence-electron chi connectivity index (χ3n) is 3.28. The van der Waals surface area contributed by atoms with Gasteiger partial charge in [-0.25, -0.2) is 0 Å². The fraction of sp³-hybridized carbons (Fsp3) is 0.188. The van der Waals surface area contributed by atoms with Crippen LogP contribution in [0.3, 0.4) is 0 Å². The quantitative estimate of drug-likeness (QED) is 0.593. The number of carbonyl (C=O) groups excluding carboxylic acids is 1. The maximum Gasteiger partial charge on any atom is 0.387 e. The maximum atomic E-state index is 12.5. The topological polar surface area (TPSA) is 99.9 Å². The Morgan fingerprint density at radius 1 is 1.08 bits per heavy atom. The zero-order valence-corrected chi connectivity index (χ0v) is 13.7. The molecule has 10 heteroatoms. The van der Waals surface area contributed by atoms with E-state index in [-0.39, 0.29) is 34.2 Å². The van der Waals surface area contributed by atoms with Crippen LogP contribution in [-0.2, 0) is 0 Å². The molecule has 2 rings (SSSR count). The minimum atomic E-state index is -3.10. The number of alkyl halides is 2. The van der Waals surface area contributed by atoms with Crippen molar-refractivity contribution in [3.8, 4) is 17.2 Å². The summed E-state index contributed by atoms with van der Waals surface area (Å²) < 4.78 is 39.2. The molecule has 2 aromatic rings. The molecule has 0 heterocycles. The summed E-state index contributed by atoms with van der Waals surface area (Å²) >= 11 is 0. The first-order chi connectivity index (χ1) is 12.3. The third-order valence-corrected chi connectivity index (χ3v) is 3.28. The summed E-state index contributed by atoms with van der Waals surface area (Å²) in [5.41, 5.74) is -0.216. The van der Waals surface area contributed by atoms with E-state index in [1.807, 2.05) is 0 Å². The molecule has 0 bridgehead atoms. The van der Waals surface area contributed by atoms with Crippen molar-refractivity contribution < 1.29 is 32.7 Å². The highest BCUT2D eigenvalue weighted by Crippen LogP contribution is 2.32. The molecule has 0 unspecified atom stereocenters. The molecular weight excluding hydrogens is 354 g/mol. The van der Waals surface area contributed by atoms with E-state index >= 15 is 0 Å². The number of methoxy groups -OCH3 is 2. The van der Waals surface area contributed by atoms with Gasteiger partial charge < -0.3 is 19.5 Å². The number of non-ortho nitro benzene ring substituents is 1. The molecule has 0 saturated heterocycles. The van der Waals surface area contributed by atoms with Gasteiger partial charge in [0.2, 0.25) is 0 Å². The predicted octanol–water partition coefficient (Wildman–Crippen LogP) is 3.47. The Labute approximate surface area is 146 Å². The number of nitrogens with zero attached hydrogens (tertiary/aromatic N) is 1. The second-order valence-corrected chi connectivity index (χ2v) is 4.84. The summed E-state index contributed by atoms with van der Waals surface area (Å²) in [7, 11) is 2.60. The number of hydrogen-bond donors (Lipinski definition) is 1. The number of rotatable bonds is 7. The zero-order chi connectivity index (χ0) is 19.3. The molecule has 0 spiro atoms. The molecule has 0 atom stereocenters. The number of benzene rings is 2. The molecule has 0 radical (unpaired) electrons. The van der Waals surface area contributed by atoms with Crippen LogP contribution in [0.5, 0.6) is 17.2 Å². The fourth-order valence-corrected chi connectivity index (χ4v) is 2.11. The molecule has 0 aliphatic carbocycles. The minimum Gasteiger partial charge on any atom is -0.495 e. The van der Waals surface area contributed by atoms with Crippen LogP contribution >= 0.6 is 0 Å². The minimum absolute atomic E-state index is 0.0185. The van der Waals surface area contributed by atoms with Crippen LogP contribution in [0.1, 0.15) is 10.4 Å². The fourth-order valence-electron chi connectivity index (χ4n) is 2.11. The van der Waals surface area contributed by atoms with Crippen molar-refractivity contribution in [2.24, 2.45) is 0 Å². The first kappa shape index (κ1) is 18.9. The number of carbonyl (C=O) groups is 1. The summed E-state index contributed by atoms with van der Waals surface area (Å²) in [6.45, 7) is -3.10. The maximum absolute atomic E-state index is 12.5. The van der Waals surface area contributed by atoms with Gasteiger partial charge in [0, 0.05) is 17.7 Å². The SMILES string of the molecule is COc1ccc([N+](=O)[O-])cc1NC(=O)c1ccc(OC)c(OC(F)F)c1. The highest BCUT2D eigenvalue weighted by Gasteiger charge is 2.17. The number of hydrogen-bond acceptors (Lipinski definition) is 6. The standard InChI is InChI=1S/C16H14F2N2O6/c1-24-12-6-4-10(20(22)23)8-11(12)19-15(21)9-3-5-13(25-2)14(7-9)26-16(17)18/h3-8,16H,1-2H3,(H,19,21). The van der Waals surface area contributed by atoms with Crippen molar-refractivity contribution in [1.29, 1.82) is 0 Å². The number of halogens is 2. The van der Waals surface area contributed by atoms with Gasteiger partial charge in [0.15, 0.2) is 11.5 Å². The van der Waals surface area contributed by atoms with Gasteiger partial charge >= 0.3 is 6.61 Å². The molecule has 0 fully saturated rings. The number of nitro groups is 1. The Bertz CT molecular complexity index is 828. The zero-order valence-electron chi connectivity index (χ0n) is 13.7.